The smallest absolute Gasteiger partial charge is 0.345 e. The molecule has 0 N–H and O–H groups in total. The second-order valence-corrected chi connectivity index (χ2v) is 7.23. The number of esters is 1. The summed E-state index contributed by atoms with van der Waals surface area (Å²) in [6.45, 7) is 7.57. The maximum absolute atomic E-state index is 13.0. The summed E-state index contributed by atoms with van der Waals surface area (Å²) in [6.07, 6.45) is -0.995. The van der Waals surface area contributed by atoms with Gasteiger partial charge < -0.3 is 19.1 Å². The van der Waals surface area contributed by atoms with Crippen LogP contribution in [0.15, 0.2) is 42.5 Å². The topological polar surface area (TPSA) is 65.1 Å². The zero-order valence-electron chi connectivity index (χ0n) is 17.1. The third kappa shape index (κ3) is 5.35. The highest BCUT2D eigenvalue weighted by Gasteiger charge is 2.30. The predicted molar refractivity (Wildman–Crippen MR) is 109 cm³/mol. The second-order valence-electron chi connectivity index (χ2n) is 7.23. The number of carbonyl (C=O) groups excluding carboxylic acids is 2. The lowest BCUT2D eigenvalue weighted by molar-refractivity contribution is -0.164. The summed E-state index contributed by atoms with van der Waals surface area (Å²) >= 11 is 0. The quantitative estimate of drug-likeness (QED) is 0.701. The number of nitrogens with zero attached hydrogens (tertiary/aromatic N) is 1. The Kier molecular flexibility index (Phi) is 6.88. The Morgan fingerprint density at radius 1 is 1.03 bits per heavy atom. The number of hydrogen-bond donors (Lipinski definition) is 0. The largest absolute Gasteiger partial charge is 0.481 e. The first-order valence-electron chi connectivity index (χ1n) is 9.77. The van der Waals surface area contributed by atoms with Crippen LogP contribution in [-0.2, 0) is 19.1 Å². The lowest BCUT2D eigenvalue weighted by Crippen LogP contribution is -2.44. The molecule has 154 valence electrons. The van der Waals surface area contributed by atoms with Gasteiger partial charge in [0.2, 0.25) is 6.10 Å². The van der Waals surface area contributed by atoms with Crippen molar-refractivity contribution in [2.75, 3.05) is 32.9 Å². The van der Waals surface area contributed by atoms with Gasteiger partial charge in [-0.05, 0) is 31.9 Å². The predicted octanol–water partition coefficient (Wildman–Crippen LogP) is 3.13. The highest BCUT2D eigenvalue weighted by atomic mass is 16.6. The summed E-state index contributed by atoms with van der Waals surface area (Å²) in [5.41, 5.74) is 3.69. The monoisotopic (exact) mass is 397 g/mol. The molecule has 2 aromatic rings. The molecule has 0 saturated carbocycles. The molecule has 6 nitrogen and oxygen atoms in total. The van der Waals surface area contributed by atoms with Crippen molar-refractivity contribution in [2.45, 2.75) is 26.9 Å². The molecule has 3 rings (SSSR count). The Morgan fingerprint density at radius 3 is 2.28 bits per heavy atom. The van der Waals surface area contributed by atoms with Crippen LogP contribution in [0.4, 0.5) is 0 Å². The van der Waals surface area contributed by atoms with Gasteiger partial charge in [0.05, 0.1) is 13.2 Å². The van der Waals surface area contributed by atoms with E-state index in [9.17, 15) is 9.59 Å². The lowest BCUT2D eigenvalue weighted by Gasteiger charge is -2.30. The van der Waals surface area contributed by atoms with E-state index in [1.165, 1.54) is 0 Å². The Hall–Kier alpha value is -2.86. The normalized spacial score (nSPS) is 14.9. The summed E-state index contributed by atoms with van der Waals surface area (Å²) in [5, 5.41) is 0. The molecule has 0 unspecified atom stereocenters. The van der Waals surface area contributed by atoms with Crippen molar-refractivity contribution in [3.8, 4) is 5.75 Å². The highest BCUT2D eigenvalue weighted by molar-refractivity contribution is 5.85. The average Bonchev–Trinajstić information content (AvgIpc) is 2.72. The Morgan fingerprint density at radius 2 is 1.66 bits per heavy atom. The van der Waals surface area contributed by atoms with E-state index in [1.807, 2.05) is 51.1 Å². The molecule has 0 radical (unpaired) electrons. The number of carbonyl (C=O) groups is 2. The number of morpholine rings is 1. The molecular weight excluding hydrogens is 370 g/mol. The van der Waals surface area contributed by atoms with E-state index < -0.39 is 12.1 Å². The molecule has 2 aromatic carbocycles. The van der Waals surface area contributed by atoms with Gasteiger partial charge in [-0.3, -0.25) is 4.79 Å². The summed E-state index contributed by atoms with van der Waals surface area (Å²) in [5.74, 6) is -0.154. The first-order valence-corrected chi connectivity index (χ1v) is 9.77. The van der Waals surface area contributed by atoms with Gasteiger partial charge in [-0.1, -0.05) is 48.0 Å². The molecule has 1 amide bonds. The Balaban J connectivity index is 1.70. The Labute approximate surface area is 171 Å². The van der Waals surface area contributed by atoms with Crippen molar-refractivity contribution in [3.63, 3.8) is 0 Å². The minimum Gasteiger partial charge on any atom is -0.481 e. The van der Waals surface area contributed by atoms with Gasteiger partial charge in [-0.25, -0.2) is 4.79 Å². The molecule has 0 aliphatic carbocycles. The fraction of sp³-hybridized carbons (Fsp3) is 0.391. The van der Waals surface area contributed by atoms with Gasteiger partial charge in [0.1, 0.15) is 5.75 Å². The van der Waals surface area contributed by atoms with Gasteiger partial charge in [0.15, 0.2) is 6.61 Å². The van der Waals surface area contributed by atoms with Crippen LogP contribution in [-0.4, -0.2) is 49.7 Å². The molecule has 29 heavy (non-hydrogen) atoms. The third-order valence-corrected chi connectivity index (χ3v) is 4.84. The first-order chi connectivity index (χ1) is 14.0. The van der Waals surface area contributed by atoms with Crippen molar-refractivity contribution < 1.29 is 23.8 Å². The van der Waals surface area contributed by atoms with E-state index in [0.29, 0.717) is 37.6 Å². The van der Waals surface area contributed by atoms with E-state index in [-0.39, 0.29) is 12.5 Å². The van der Waals surface area contributed by atoms with Crippen LogP contribution in [0.25, 0.3) is 0 Å². The lowest BCUT2D eigenvalue weighted by atomic mass is 10.1. The summed E-state index contributed by atoms with van der Waals surface area (Å²) in [6, 6.07) is 13.1. The van der Waals surface area contributed by atoms with Crippen LogP contribution in [0.2, 0.25) is 0 Å². The zero-order valence-corrected chi connectivity index (χ0v) is 17.1. The van der Waals surface area contributed by atoms with Gasteiger partial charge in [0, 0.05) is 18.7 Å². The Bertz CT molecular complexity index is 836. The van der Waals surface area contributed by atoms with Crippen molar-refractivity contribution in [3.05, 3.63) is 64.7 Å². The van der Waals surface area contributed by atoms with Gasteiger partial charge >= 0.3 is 5.97 Å². The molecule has 0 aromatic heterocycles. The SMILES string of the molecule is Cc1cc(C)c(OCC(=O)O[C@H](C(=O)N2CCOCC2)c2ccccc2)c(C)c1. The maximum atomic E-state index is 13.0. The van der Waals surface area contributed by atoms with Crippen molar-refractivity contribution in [1.29, 1.82) is 0 Å². The number of aryl methyl sites for hydroxylation is 3. The van der Waals surface area contributed by atoms with Crippen LogP contribution >= 0.6 is 0 Å². The molecule has 1 saturated heterocycles. The van der Waals surface area contributed by atoms with Crippen LogP contribution < -0.4 is 4.74 Å². The number of amides is 1. The van der Waals surface area contributed by atoms with Crippen LogP contribution in [0.3, 0.4) is 0 Å². The molecule has 1 aliphatic heterocycles. The zero-order chi connectivity index (χ0) is 20.8. The van der Waals surface area contributed by atoms with Crippen molar-refractivity contribution >= 4 is 11.9 Å². The number of ether oxygens (including phenoxy) is 3. The molecule has 1 aliphatic rings. The minimum absolute atomic E-state index is 0.240. The maximum Gasteiger partial charge on any atom is 0.345 e. The van der Waals surface area contributed by atoms with Crippen LogP contribution in [0.1, 0.15) is 28.4 Å². The molecule has 6 heteroatoms. The van der Waals surface area contributed by atoms with Gasteiger partial charge in [-0.2, -0.15) is 0 Å². The standard InChI is InChI=1S/C23H27NO5/c1-16-13-17(2)21(18(3)14-16)28-15-20(25)29-22(19-7-5-4-6-8-19)23(26)24-9-11-27-12-10-24/h4-8,13-14,22H,9-12,15H2,1-3H3/t22-/m0/s1. The van der Waals surface area contributed by atoms with Crippen molar-refractivity contribution in [1.82, 2.24) is 4.90 Å². The summed E-state index contributed by atoms with van der Waals surface area (Å²) < 4.78 is 16.6. The minimum atomic E-state index is -0.995. The van der Waals surface area contributed by atoms with E-state index in [2.05, 4.69) is 0 Å². The van der Waals surface area contributed by atoms with Crippen LogP contribution in [0, 0.1) is 20.8 Å². The van der Waals surface area contributed by atoms with Gasteiger partial charge in [0.25, 0.3) is 5.91 Å². The fourth-order valence-electron chi connectivity index (χ4n) is 3.53. The van der Waals surface area contributed by atoms with Gasteiger partial charge in [-0.15, -0.1) is 0 Å². The molecule has 1 heterocycles. The highest BCUT2D eigenvalue weighted by Crippen LogP contribution is 2.25. The average molecular weight is 397 g/mol. The molecule has 1 fully saturated rings. The van der Waals surface area contributed by atoms with E-state index in [4.69, 9.17) is 14.2 Å². The summed E-state index contributed by atoms with van der Waals surface area (Å²) in [4.78, 5) is 27.2. The van der Waals surface area contributed by atoms with E-state index >= 15 is 0 Å². The number of rotatable bonds is 6. The molecular formula is C23H27NO5. The van der Waals surface area contributed by atoms with E-state index in [0.717, 1.165) is 16.7 Å². The number of benzene rings is 2. The van der Waals surface area contributed by atoms with Crippen LogP contribution in [0.5, 0.6) is 5.75 Å². The first kappa shape index (κ1) is 20.9. The molecule has 0 spiro atoms. The third-order valence-electron chi connectivity index (χ3n) is 4.84. The number of hydrogen-bond acceptors (Lipinski definition) is 5. The second kappa shape index (κ2) is 9.56. The fourth-order valence-corrected chi connectivity index (χ4v) is 3.53. The summed E-state index contributed by atoms with van der Waals surface area (Å²) in [7, 11) is 0. The van der Waals surface area contributed by atoms with Crippen molar-refractivity contribution in [2.24, 2.45) is 0 Å². The molecule has 1 atom stereocenters. The molecule has 0 bridgehead atoms. The van der Waals surface area contributed by atoms with E-state index in [1.54, 1.807) is 17.0 Å².